The molecular formula is C28H36N2O4S2. The molecule has 1 aromatic carbocycles. The number of benzene rings is 1. The number of hydrogen-bond acceptors (Lipinski definition) is 6. The molecule has 0 radical (unpaired) electrons. The number of fused-ring (bicyclic) bond motifs is 1. The zero-order valence-electron chi connectivity index (χ0n) is 21.2. The average molecular weight is 529 g/mol. The number of esters is 1. The van der Waals surface area contributed by atoms with Gasteiger partial charge in [0.15, 0.2) is 0 Å². The molecule has 1 heterocycles. The fourth-order valence-electron chi connectivity index (χ4n) is 4.98. The normalized spacial score (nSPS) is 16.9. The Hall–Kier alpha value is -2.32. The summed E-state index contributed by atoms with van der Waals surface area (Å²) in [5.41, 5.74) is 2.35. The predicted molar refractivity (Wildman–Crippen MR) is 147 cm³/mol. The first-order chi connectivity index (χ1) is 17.5. The fourth-order valence-corrected chi connectivity index (χ4v) is 7.18. The number of ether oxygens (including phenoxy) is 1. The van der Waals surface area contributed by atoms with Gasteiger partial charge in [-0.1, -0.05) is 31.7 Å². The van der Waals surface area contributed by atoms with Crippen molar-refractivity contribution < 1.29 is 19.1 Å². The van der Waals surface area contributed by atoms with E-state index < -0.39 is 0 Å². The summed E-state index contributed by atoms with van der Waals surface area (Å²) in [5.74, 6) is -0.326. The summed E-state index contributed by atoms with van der Waals surface area (Å²) in [6.45, 7) is 3.96. The average Bonchev–Trinajstić information content (AvgIpc) is 3.05. The van der Waals surface area contributed by atoms with Crippen molar-refractivity contribution in [3.63, 3.8) is 0 Å². The van der Waals surface area contributed by atoms with E-state index in [1.165, 1.54) is 34.4 Å². The molecule has 1 fully saturated rings. The zero-order chi connectivity index (χ0) is 25.5. The molecule has 6 nitrogen and oxygen atoms in total. The second-order valence-corrected chi connectivity index (χ2v) is 12.1. The standard InChI is InChI=1S/C28H36N2O4S2/c1-3-34-28(33)24-22-15-8-5-9-16-23(22)36-27(24)30-25(31)18(2)35-21-14-10-13-20(17-21)29-26(32)19-11-6-4-7-12-19/h10,13-14,17-19H,3-9,11-12,15-16H2,1-2H3,(H,29,32)(H,30,31). The molecule has 2 aromatic rings. The first-order valence-electron chi connectivity index (χ1n) is 13.2. The maximum atomic E-state index is 13.2. The SMILES string of the molecule is CCOC(=O)c1c(NC(=O)C(C)Sc2cccc(NC(=O)C3CCCCC3)c2)sc2c1CCCCC2. The maximum Gasteiger partial charge on any atom is 0.341 e. The first kappa shape index (κ1) is 26.7. The Kier molecular flexibility index (Phi) is 9.48. The number of carbonyl (C=O) groups excluding carboxylic acids is 3. The third-order valence-corrected chi connectivity index (χ3v) is 9.20. The second-order valence-electron chi connectivity index (χ2n) is 9.59. The Morgan fingerprint density at radius 2 is 1.81 bits per heavy atom. The first-order valence-corrected chi connectivity index (χ1v) is 14.9. The van der Waals surface area contributed by atoms with Crippen LogP contribution in [0.3, 0.4) is 0 Å². The summed E-state index contributed by atoms with van der Waals surface area (Å²) in [7, 11) is 0. The minimum Gasteiger partial charge on any atom is -0.462 e. The van der Waals surface area contributed by atoms with Crippen LogP contribution in [0.25, 0.3) is 0 Å². The number of rotatable bonds is 8. The van der Waals surface area contributed by atoms with Gasteiger partial charge in [-0.15, -0.1) is 23.1 Å². The lowest BCUT2D eigenvalue weighted by atomic mass is 9.88. The van der Waals surface area contributed by atoms with Crippen molar-refractivity contribution in [1.29, 1.82) is 0 Å². The van der Waals surface area contributed by atoms with E-state index in [4.69, 9.17) is 4.74 Å². The van der Waals surface area contributed by atoms with Crippen LogP contribution in [-0.2, 0) is 27.2 Å². The highest BCUT2D eigenvalue weighted by Gasteiger charge is 2.28. The van der Waals surface area contributed by atoms with Crippen molar-refractivity contribution in [2.45, 2.75) is 88.2 Å². The number of amides is 2. The molecule has 2 aliphatic rings. The molecule has 194 valence electrons. The van der Waals surface area contributed by atoms with E-state index in [1.807, 2.05) is 31.2 Å². The van der Waals surface area contributed by atoms with Gasteiger partial charge in [-0.05, 0) is 76.1 Å². The number of hydrogen-bond donors (Lipinski definition) is 2. The number of thioether (sulfide) groups is 1. The van der Waals surface area contributed by atoms with Crippen LogP contribution >= 0.6 is 23.1 Å². The van der Waals surface area contributed by atoms with E-state index in [1.54, 1.807) is 6.92 Å². The summed E-state index contributed by atoms with van der Waals surface area (Å²) in [6.07, 6.45) is 10.4. The molecule has 4 rings (SSSR count). The Morgan fingerprint density at radius 3 is 2.58 bits per heavy atom. The van der Waals surface area contributed by atoms with Crippen molar-refractivity contribution in [3.05, 3.63) is 40.3 Å². The summed E-state index contributed by atoms with van der Waals surface area (Å²) in [4.78, 5) is 40.7. The molecule has 0 aliphatic heterocycles. The van der Waals surface area contributed by atoms with Gasteiger partial charge in [0.05, 0.1) is 17.4 Å². The lowest BCUT2D eigenvalue weighted by Gasteiger charge is -2.21. The van der Waals surface area contributed by atoms with Gasteiger partial charge in [-0.3, -0.25) is 9.59 Å². The Bertz CT molecular complexity index is 1090. The Balaban J connectivity index is 1.42. The van der Waals surface area contributed by atoms with Gasteiger partial charge in [0.2, 0.25) is 11.8 Å². The van der Waals surface area contributed by atoms with Crippen molar-refractivity contribution in [2.24, 2.45) is 5.92 Å². The molecule has 2 amide bonds. The third kappa shape index (κ3) is 6.71. The maximum absolute atomic E-state index is 13.2. The van der Waals surface area contributed by atoms with Crippen molar-refractivity contribution >= 4 is 51.6 Å². The van der Waals surface area contributed by atoms with E-state index in [9.17, 15) is 14.4 Å². The number of carbonyl (C=O) groups is 3. The molecule has 1 atom stereocenters. The van der Waals surface area contributed by atoms with Crippen molar-refractivity contribution in [2.75, 3.05) is 17.2 Å². The minimum atomic E-state index is -0.383. The molecule has 0 bridgehead atoms. The van der Waals surface area contributed by atoms with Gasteiger partial charge in [0.25, 0.3) is 0 Å². The van der Waals surface area contributed by atoms with Gasteiger partial charge in [-0.25, -0.2) is 4.79 Å². The van der Waals surface area contributed by atoms with E-state index in [-0.39, 0.29) is 29.0 Å². The Morgan fingerprint density at radius 1 is 1.06 bits per heavy atom. The molecule has 2 aliphatic carbocycles. The van der Waals surface area contributed by atoms with Gasteiger partial charge in [0, 0.05) is 21.4 Å². The van der Waals surface area contributed by atoms with Crippen LogP contribution < -0.4 is 10.6 Å². The van der Waals surface area contributed by atoms with Crippen LogP contribution in [0.5, 0.6) is 0 Å². The fraction of sp³-hybridized carbons (Fsp3) is 0.536. The highest BCUT2D eigenvalue weighted by Crippen LogP contribution is 2.38. The molecule has 0 saturated heterocycles. The second kappa shape index (κ2) is 12.8. The largest absolute Gasteiger partial charge is 0.462 e. The van der Waals surface area contributed by atoms with E-state index in [0.29, 0.717) is 17.2 Å². The van der Waals surface area contributed by atoms with Gasteiger partial charge < -0.3 is 15.4 Å². The van der Waals surface area contributed by atoms with Crippen molar-refractivity contribution in [1.82, 2.24) is 0 Å². The topological polar surface area (TPSA) is 84.5 Å². The predicted octanol–water partition coefficient (Wildman–Crippen LogP) is 6.83. The molecule has 8 heteroatoms. The van der Waals surface area contributed by atoms with Crippen molar-refractivity contribution in [3.8, 4) is 0 Å². The quantitative estimate of drug-likeness (QED) is 0.223. The summed E-state index contributed by atoms with van der Waals surface area (Å²) >= 11 is 2.95. The molecular weight excluding hydrogens is 492 g/mol. The lowest BCUT2D eigenvalue weighted by molar-refractivity contribution is -0.120. The molecule has 2 N–H and O–H groups in total. The van der Waals surface area contributed by atoms with E-state index in [0.717, 1.165) is 73.9 Å². The highest BCUT2D eigenvalue weighted by molar-refractivity contribution is 8.00. The van der Waals surface area contributed by atoms with Crippen LogP contribution in [0.4, 0.5) is 10.7 Å². The third-order valence-electron chi connectivity index (χ3n) is 6.90. The number of thiophene rings is 1. The minimum absolute atomic E-state index is 0.0894. The van der Waals surface area contributed by atoms with Gasteiger partial charge >= 0.3 is 5.97 Å². The monoisotopic (exact) mass is 528 g/mol. The van der Waals surface area contributed by atoms with Crippen LogP contribution in [0.1, 0.15) is 86.0 Å². The summed E-state index contributed by atoms with van der Waals surface area (Å²) < 4.78 is 5.34. The summed E-state index contributed by atoms with van der Waals surface area (Å²) in [5, 5.41) is 6.30. The number of nitrogens with one attached hydrogen (secondary N) is 2. The molecule has 1 aromatic heterocycles. The molecule has 36 heavy (non-hydrogen) atoms. The van der Waals surface area contributed by atoms with Crippen LogP contribution in [0.2, 0.25) is 0 Å². The summed E-state index contributed by atoms with van der Waals surface area (Å²) in [6, 6.07) is 7.66. The number of aryl methyl sites for hydroxylation is 1. The molecule has 1 unspecified atom stereocenters. The van der Waals surface area contributed by atoms with Gasteiger partial charge in [-0.2, -0.15) is 0 Å². The number of anilines is 2. The van der Waals surface area contributed by atoms with E-state index >= 15 is 0 Å². The Labute approximate surface area is 222 Å². The van der Waals surface area contributed by atoms with Crippen LogP contribution in [-0.4, -0.2) is 29.6 Å². The molecule has 1 saturated carbocycles. The van der Waals surface area contributed by atoms with Gasteiger partial charge in [0.1, 0.15) is 5.00 Å². The smallest absolute Gasteiger partial charge is 0.341 e. The zero-order valence-corrected chi connectivity index (χ0v) is 22.8. The highest BCUT2D eigenvalue weighted by atomic mass is 32.2. The van der Waals surface area contributed by atoms with Crippen LogP contribution in [0, 0.1) is 5.92 Å². The van der Waals surface area contributed by atoms with Crippen LogP contribution in [0.15, 0.2) is 29.2 Å². The van der Waals surface area contributed by atoms with E-state index in [2.05, 4.69) is 10.6 Å². The lowest BCUT2D eigenvalue weighted by Crippen LogP contribution is -2.24. The molecule has 0 spiro atoms.